The SMILES string of the molecule is CCCN(C(=O)NCc1ccccc1)N1CC(=O)N2[C@@H](Cc3ccc(O)cc3)C(=O)N(Cc3ccc4cccnc4c3)C[C@@H]21. The summed E-state index contributed by atoms with van der Waals surface area (Å²) in [5.41, 5.74) is 3.58. The molecule has 10 heteroatoms. The summed E-state index contributed by atoms with van der Waals surface area (Å²) in [6.45, 7) is 3.37. The van der Waals surface area contributed by atoms with E-state index in [9.17, 15) is 19.5 Å². The standard InChI is InChI=1S/C34H36N6O4/c1-2-17-38(34(44)36-20-25-7-4-3-5-8-25)39-23-32(42)40-30(19-24-11-14-28(41)15-12-24)33(43)37(22-31(39)40)21-26-10-13-27-9-6-16-35-29(27)18-26/h3-16,18,30-31,41H,2,17,19-23H2,1H3,(H,36,44)/t30-,31+/m0/s1. The molecule has 0 bridgehead atoms. The van der Waals surface area contributed by atoms with E-state index >= 15 is 0 Å². The minimum Gasteiger partial charge on any atom is -0.508 e. The Balaban J connectivity index is 1.30. The molecule has 4 amide bonds. The van der Waals surface area contributed by atoms with Crippen LogP contribution in [-0.2, 0) is 29.1 Å². The molecule has 2 aliphatic rings. The minimum absolute atomic E-state index is 0.00346. The summed E-state index contributed by atoms with van der Waals surface area (Å²) in [5, 5.41) is 17.3. The Bertz CT molecular complexity index is 1650. The molecule has 0 unspecified atom stereocenters. The first-order valence-electron chi connectivity index (χ1n) is 15.0. The van der Waals surface area contributed by atoms with Crippen LogP contribution < -0.4 is 5.32 Å². The number of carbonyl (C=O) groups is 3. The number of aromatic hydroxyl groups is 1. The number of benzene rings is 3. The second-order valence-corrected chi connectivity index (χ2v) is 11.3. The molecule has 6 rings (SSSR count). The van der Waals surface area contributed by atoms with Gasteiger partial charge in [0.1, 0.15) is 18.0 Å². The van der Waals surface area contributed by atoms with Crippen LogP contribution in [0.5, 0.6) is 5.75 Å². The Labute approximate surface area is 256 Å². The normalized spacial score (nSPS) is 18.5. The van der Waals surface area contributed by atoms with E-state index in [1.807, 2.05) is 72.6 Å². The lowest BCUT2D eigenvalue weighted by Gasteiger charge is -2.46. The van der Waals surface area contributed by atoms with Crippen LogP contribution in [0.4, 0.5) is 4.79 Å². The van der Waals surface area contributed by atoms with Crippen LogP contribution in [0, 0.1) is 0 Å². The zero-order valence-electron chi connectivity index (χ0n) is 24.7. The highest BCUT2D eigenvalue weighted by atomic mass is 16.3. The number of fused-ring (bicyclic) bond motifs is 2. The molecule has 2 atom stereocenters. The number of hydrogen-bond donors (Lipinski definition) is 2. The molecule has 0 aliphatic carbocycles. The van der Waals surface area contributed by atoms with Gasteiger partial charge >= 0.3 is 6.03 Å². The second kappa shape index (κ2) is 12.7. The summed E-state index contributed by atoms with van der Waals surface area (Å²) in [5.74, 6) is -0.215. The molecule has 3 heterocycles. The number of urea groups is 1. The molecule has 226 valence electrons. The molecule has 0 spiro atoms. The largest absolute Gasteiger partial charge is 0.508 e. The van der Waals surface area contributed by atoms with E-state index in [0.717, 1.165) is 27.6 Å². The molecule has 3 aromatic carbocycles. The third-order valence-corrected chi connectivity index (χ3v) is 8.24. The van der Waals surface area contributed by atoms with Crippen molar-refractivity contribution in [2.45, 2.75) is 45.1 Å². The number of piperazine rings is 1. The Hall–Kier alpha value is -4.96. The van der Waals surface area contributed by atoms with Crippen LogP contribution in [0.15, 0.2) is 91.1 Å². The number of hydrazine groups is 1. The van der Waals surface area contributed by atoms with Crippen molar-refractivity contribution in [3.63, 3.8) is 0 Å². The number of phenolic OH excluding ortho intramolecular Hbond substituents is 1. The maximum absolute atomic E-state index is 14.1. The molecular weight excluding hydrogens is 556 g/mol. The Morgan fingerprint density at radius 1 is 0.977 bits per heavy atom. The zero-order chi connectivity index (χ0) is 30.6. The summed E-state index contributed by atoms with van der Waals surface area (Å²) in [4.78, 5) is 49.2. The van der Waals surface area contributed by atoms with Crippen LogP contribution in [0.25, 0.3) is 10.9 Å². The highest BCUT2D eigenvalue weighted by Crippen LogP contribution is 2.31. The number of nitrogens with zero attached hydrogens (tertiary/aromatic N) is 5. The summed E-state index contributed by atoms with van der Waals surface area (Å²) >= 11 is 0. The summed E-state index contributed by atoms with van der Waals surface area (Å²) in [6, 6.07) is 25.2. The van der Waals surface area contributed by atoms with Gasteiger partial charge in [0.05, 0.1) is 18.6 Å². The van der Waals surface area contributed by atoms with Crippen LogP contribution in [0.2, 0.25) is 0 Å². The van der Waals surface area contributed by atoms with Crippen LogP contribution in [0.1, 0.15) is 30.0 Å². The number of nitrogens with one attached hydrogen (secondary N) is 1. The second-order valence-electron chi connectivity index (χ2n) is 11.3. The maximum atomic E-state index is 14.1. The van der Waals surface area contributed by atoms with E-state index in [-0.39, 0.29) is 36.7 Å². The third kappa shape index (κ3) is 6.07. The van der Waals surface area contributed by atoms with Gasteiger partial charge in [0.15, 0.2) is 0 Å². The maximum Gasteiger partial charge on any atom is 0.332 e. The molecule has 0 saturated carbocycles. The van der Waals surface area contributed by atoms with Crippen LogP contribution in [-0.4, -0.2) is 79.6 Å². The van der Waals surface area contributed by atoms with Crippen molar-refractivity contribution in [2.75, 3.05) is 19.6 Å². The summed E-state index contributed by atoms with van der Waals surface area (Å²) in [6.07, 6.45) is 2.21. The highest BCUT2D eigenvalue weighted by molar-refractivity contribution is 5.92. The van der Waals surface area contributed by atoms with Gasteiger partial charge in [-0.1, -0.05) is 67.6 Å². The molecule has 0 radical (unpaired) electrons. The van der Waals surface area contributed by atoms with Gasteiger partial charge in [-0.25, -0.2) is 4.79 Å². The Morgan fingerprint density at radius 3 is 2.52 bits per heavy atom. The average molecular weight is 593 g/mol. The quantitative estimate of drug-likeness (QED) is 0.305. The fourth-order valence-electron chi connectivity index (χ4n) is 6.10. The van der Waals surface area contributed by atoms with Gasteiger partial charge in [-0.15, -0.1) is 0 Å². The fourth-order valence-corrected chi connectivity index (χ4v) is 6.10. The average Bonchev–Trinajstić information content (AvgIpc) is 3.37. The number of hydrogen-bond acceptors (Lipinski definition) is 6. The molecule has 1 aromatic heterocycles. The number of amides is 4. The van der Waals surface area contributed by atoms with Crippen molar-refractivity contribution in [1.82, 2.24) is 30.1 Å². The van der Waals surface area contributed by atoms with E-state index in [1.165, 1.54) is 0 Å². The smallest absolute Gasteiger partial charge is 0.332 e. The number of rotatable bonds is 9. The van der Waals surface area contributed by atoms with Crippen molar-refractivity contribution in [3.8, 4) is 5.75 Å². The van der Waals surface area contributed by atoms with Crippen molar-refractivity contribution in [1.29, 1.82) is 0 Å². The number of pyridine rings is 1. The molecular formula is C34H36N6O4. The molecule has 44 heavy (non-hydrogen) atoms. The van der Waals surface area contributed by atoms with Crippen molar-refractivity contribution in [3.05, 3.63) is 108 Å². The van der Waals surface area contributed by atoms with E-state index in [1.54, 1.807) is 45.3 Å². The lowest BCUT2D eigenvalue weighted by Crippen LogP contribution is -2.66. The van der Waals surface area contributed by atoms with Gasteiger partial charge < -0.3 is 20.2 Å². The third-order valence-electron chi connectivity index (χ3n) is 8.24. The van der Waals surface area contributed by atoms with Gasteiger partial charge in [-0.3, -0.25) is 19.6 Å². The van der Waals surface area contributed by atoms with E-state index in [4.69, 9.17) is 0 Å². The van der Waals surface area contributed by atoms with E-state index in [2.05, 4.69) is 10.3 Å². The molecule has 4 aromatic rings. The molecule has 10 nitrogen and oxygen atoms in total. The van der Waals surface area contributed by atoms with Crippen molar-refractivity contribution >= 4 is 28.7 Å². The lowest BCUT2D eigenvalue weighted by molar-refractivity contribution is -0.157. The van der Waals surface area contributed by atoms with Gasteiger partial charge in [0, 0.05) is 37.6 Å². The molecule has 2 N–H and O–H groups in total. The van der Waals surface area contributed by atoms with Crippen LogP contribution in [0.3, 0.4) is 0 Å². The van der Waals surface area contributed by atoms with Gasteiger partial charge in [-0.2, -0.15) is 5.01 Å². The lowest BCUT2D eigenvalue weighted by atomic mass is 9.99. The predicted octanol–water partition coefficient (Wildman–Crippen LogP) is 3.90. The number of phenols is 1. The first-order valence-corrected chi connectivity index (χ1v) is 15.0. The Morgan fingerprint density at radius 2 is 1.75 bits per heavy atom. The fraction of sp³-hybridized carbons (Fsp3) is 0.294. The van der Waals surface area contributed by atoms with E-state index in [0.29, 0.717) is 32.5 Å². The molecule has 2 saturated heterocycles. The topological polar surface area (TPSA) is 109 Å². The van der Waals surface area contributed by atoms with Crippen molar-refractivity contribution < 1.29 is 19.5 Å². The monoisotopic (exact) mass is 592 g/mol. The van der Waals surface area contributed by atoms with Crippen LogP contribution >= 0.6 is 0 Å². The summed E-state index contributed by atoms with van der Waals surface area (Å²) < 4.78 is 0. The number of carbonyl (C=O) groups excluding carboxylic acids is 3. The van der Waals surface area contributed by atoms with E-state index < -0.39 is 12.2 Å². The first-order chi connectivity index (χ1) is 21.4. The minimum atomic E-state index is -0.759. The van der Waals surface area contributed by atoms with Gasteiger partial charge in [-0.05, 0) is 47.4 Å². The predicted molar refractivity (Wildman–Crippen MR) is 166 cm³/mol. The number of aromatic nitrogens is 1. The van der Waals surface area contributed by atoms with Gasteiger partial charge in [0.2, 0.25) is 11.8 Å². The first kappa shape index (κ1) is 29.1. The zero-order valence-corrected chi connectivity index (χ0v) is 24.7. The molecule has 2 aliphatic heterocycles. The Kier molecular flexibility index (Phi) is 8.42. The van der Waals surface area contributed by atoms with Crippen molar-refractivity contribution in [2.24, 2.45) is 0 Å². The summed E-state index contributed by atoms with van der Waals surface area (Å²) in [7, 11) is 0. The highest BCUT2D eigenvalue weighted by Gasteiger charge is 2.52. The molecule has 2 fully saturated rings. The van der Waals surface area contributed by atoms with Gasteiger partial charge in [0.25, 0.3) is 0 Å².